The molecule has 0 aliphatic heterocycles. The minimum Gasteiger partial charge on any atom is -0.374 e. The molecule has 0 rings (SSSR count). The molecule has 0 radical (unpaired) electrons. The van der Waals surface area contributed by atoms with Crippen LogP contribution < -0.4 is 0 Å². The highest BCUT2D eigenvalue weighted by Gasteiger charge is 2.66. The predicted molar refractivity (Wildman–Crippen MR) is 135 cm³/mol. The molecule has 0 saturated heterocycles. The molecule has 0 N–H and O–H groups in total. The Morgan fingerprint density at radius 1 is 0.394 bits per heavy atom. The van der Waals surface area contributed by atoms with E-state index in [1.165, 1.54) is 0 Å². The maximum atomic E-state index is 6.34. The van der Waals surface area contributed by atoms with E-state index < -0.39 is 26.4 Å². The molecule has 0 aromatic heterocycles. The summed E-state index contributed by atoms with van der Waals surface area (Å²) in [5, 5.41) is -0.349. The first kappa shape index (κ1) is 33.3. The minimum atomic E-state index is -3.30. The maximum Gasteiger partial charge on any atom is 0.508 e. The van der Waals surface area contributed by atoms with Crippen LogP contribution in [0.25, 0.3) is 0 Å². The highest BCUT2D eigenvalue weighted by atomic mass is 28.5. The van der Waals surface area contributed by atoms with Crippen molar-refractivity contribution >= 4 is 26.4 Å². The first-order valence-electron chi connectivity index (χ1n) is 12.6. The Labute approximate surface area is 205 Å². The lowest BCUT2D eigenvalue weighted by atomic mass is 10.6. The van der Waals surface area contributed by atoms with E-state index in [4.69, 9.17) is 39.8 Å². The summed E-state index contributed by atoms with van der Waals surface area (Å²) in [6.45, 7) is 21.7. The third-order valence-electron chi connectivity index (χ3n) is 4.76. The lowest BCUT2D eigenvalue weighted by molar-refractivity contribution is 0.0302. The SMILES string of the molecule is CCO[Si](CCC([Si](OCC)(OCC)OCC)[Si](OCC)(OCC)OCC)(OCC)OCC. The van der Waals surface area contributed by atoms with Crippen LogP contribution in [0.3, 0.4) is 0 Å². The van der Waals surface area contributed by atoms with Crippen molar-refractivity contribution in [1.29, 1.82) is 0 Å². The molecule has 200 valence electrons. The Morgan fingerprint density at radius 3 is 0.848 bits per heavy atom. The molecule has 0 aliphatic rings. The van der Waals surface area contributed by atoms with Crippen LogP contribution in [-0.4, -0.2) is 85.9 Å². The van der Waals surface area contributed by atoms with E-state index in [-0.39, 0.29) is 5.16 Å². The molecule has 33 heavy (non-hydrogen) atoms. The smallest absolute Gasteiger partial charge is 0.374 e. The summed E-state index contributed by atoms with van der Waals surface area (Å²) in [6, 6.07) is 0.553. The molecule has 9 nitrogen and oxygen atoms in total. The van der Waals surface area contributed by atoms with Gasteiger partial charge >= 0.3 is 26.4 Å². The van der Waals surface area contributed by atoms with E-state index in [1.807, 2.05) is 62.3 Å². The van der Waals surface area contributed by atoms with E-state index in [1.54, 1.807) is 0 Å². The molecule has 0 aromatic rings. The number of hydrogen-bond donors (Lipinski definition) is 0. The molecular weight excluding hydrogens is 480 g/mol. The fraction of sp³-hybridized carbons (Fsp3) is 1.00. The number of hydrogen-bond acceptors (Lipinski definition) is 9. The quantitative estimate of drug-likeness (QED) is 0.178. The normalized spacial score (nSPS) is 13.3. The molecule has 0 bridgehead atoms. The monoisotopic (exact) mass is 530 g/mol. The average molecular weight is 531 g/mol. The summed E-state index contributed by atoms with van der Waals surface area (Å²) >= 11 is 0. The second-order valence-electron chi connectivity index (χ2n) is 6.88. The third-order valence-corrected chi connectivity index (χ3v) is 16.4. The second-order valence-corrected chi connectivity index (χ2v) is 15.7. The van der Waals surface area contributed by atoms with Gasteiger partial charge in [-0.2, -0.15) is 0 Å². The summed E-state index contributed by atoms with van der Waals surface area (Å²) in [5.41, 5.74) is 0. The third kappa shape index (κ3) is 10.1. The van der Waals surface area contributed by atoms with Gasteiger partial charge in [-0.1, -0.05) is 0 Å². The van der Waals surface area contributed by atoms with Crippen LogP contribution in [0.15, 0.2) is 0 Å². The molecule has 0 saturated carbocycles. The highest BCUT2D eigenvalue weighted by molar-refractivity contribution is 6.82. The fourth-order valence-electron chi connectivity index (χ4n) is 3.95. The van der Waals surface area contributed by atoms with Gasteiger partial charge in [0.25, 0.3) is 0 Å². The van der Waals surface area contributed by atoms with Gasteiger partial charge < -0.3 is 39.8 Å². The zero-order chi connectivity index (χ0) is 25.2. The Bertz CT molecular complexity index is 397. The molecule has 0 atom stereocenters. The molecular formula is C21H50O9Si3. The van der Waals surface area contributed by atoms with Crippen LogP contribution in [0.5, 0.6) is 0 Å². The van der Waals surface area contributed by atoms with Gasteiger partial charge in [-0.15, -0.1) is 0 Å². The van der Waals surface area contributed by atoms with Gasteiger partial charge in [-0.05, 0) is 68.7 Å². The summed E-state index contributed by atoms with van der Waals surface area (Å²) in [6.07, 6.45) is 0.560. The second kappa shape index (κ2) is 18.5. The Hall–Kier alpha value is 0.291. The van der Waals surface area contributed by atoms with Crippen molar-refractivity contribution in [3.63, 3.8) is 0 Å². The van der Waals surface area contributed by atoms with E-state index in [0.717, 1.165) is 0 Å². The molecule has 0 spiro atoms. The summed E-state index contributed by atoms with van der Waals surface area (Å²) in [7, 11) is -9.54. The van der Waals surface area contributed by atoms with Gasteiger partial charge in [0.15, 0.2) is 0 Å². The lowest BCUT2D eigenvalue weighted by Gasteiger charge is -2.43. The van der Waals surface area contributed by atoms with Gasteiger partial charge in [-0.3, -0.25) is 0 Å². The number of rotatable bonds is 23. The summed E-state index contributed by atoms with van der Waals surface area (Å²) in [4.78, 5) is 0. The van der Waals surface area contributed by atoms with Crippen molar-refractivity contribution in [3.05, 3.63) is 0 Å². The van der Waals surface area contributed by atoms with Gasteiger partial charge in [0, 0.05) is 65.5 Å². The first-order valence-corrected chi connectivity index (χ1v) is 18.2. The van der Waals surface area contributed by atoms with E-state index in [0.29, 0.717) is 71.9 Å². The Morgan fingerprint density at radius 2 is 0.636 bits per heavy atom. The van der Waals surface area contributed by atoms with Gasteiger partial charge in [0.1, 0.15) is 0 Å². The van der Waals surface area contributed by atoms with Gasteiger partial charge in [-0.25, -0.2) is 0 Å². The van der Waals surface area contributed by atoms with E-state index in [9.17, 15) is 0 Å². The summed E-state index contributed by atoms with van der Waals surface area (Å²) in [5.74, 6) is 0. The van der Waals surface area contributed by atoms with Crippen LogP contribution in [0.1, 0.15) is 68.7 Å². The van der Waals surface area contributed by atoms with Crippen LogP contribution in [-0.2, 0) is 39.8 Å². The molecule has 0 amide bonds. The predicted octanol–water partition coefficient (Wildman–Crippen LogP) is 4.43. The average Bonchev–Trinajstić information content (AvgIpc) is 2.75. The van der Waals surface area contributed by atoms with Crippen LogP contribution in [0, 0.1) is 0 Å². The van der Waals surface area contributed by atoms with Crippen molar-refractivity contribution in [2.45, 2.75) is 79.9 Å². The minimum absolute atomic E-state index is 0.349. The zero-order valence-electron chi connectivity index (χ0n) is 22.5. The van der Waals surface area contributed by atoms with Crippen LogP contribution in [0.4, 0.5) is 0 Å². The Kier molecular flexibility index (Phi) is 18.7. The van der Waals surface area contributed by atoms with Crippen molar-refractivity contribution in [3.8, 4) is 0 Å². The summed E-state index contributed by atoms with van der Waals surface area (Å²) < 4.78 is 56.4. The lowest BCUT2D eigenvalue weighted by Crippen LogP contribution is -2.64. The van der Waals surface area contributed by atoms with Crippen molar-refractivity contribution in [2.75, 3.05) is 59.5 Å². The van der Waals surface area contributed by atoms with Gasteiger partial charge in [0.05, 0.1) is 5.16 Å². The molecule has 0 fully saturated rings. The largest absolute Gasteiger partial charge is 0.508 e. The van der Waals surface area contributed by atoms with E-state index >= 15 is 0 Å². The van der Waals surface area contributed by atoms with Crippen LogP contribution >= 0.6 is 0 Å². The Balaban J connectivity index is 6.61. The highest BCUT2D eigenvalue weighted by Crippen LogP contribution is 2.42. The first-order chi connectivity index (χ1) is 15.9. The maximum absolute atomic E-state index is 6.34. The zero-order valence-corrected chi connectivity index (χ0v) is 25.5. The molecule has 0 unspecified atom stereocenters. The van der Waals surface area contributed by atoms with Gasteiger partial charge in [0.2, 0.25) is 0 Å². The van der Waals surface area contributed by atoms with Crippen LogP contribution in [0.2, 0.25) is 11.2 Å². The molecule has 12 heteroatoms. The standard InChI is InChI=1S/C21H50O9Si3/c1-10-22-31(23-11-2,24-12-3)20-19-21(32(25-13-4,26-14-5)27-15-6)33(28-16-7,29-17-8)30-18-9/h21H,10-20H2,1-9H3. The van der Waals surface area contributed by atoms with Crippen molar-refractivity contribution in [1.82, 2.24) is 0 Å². The molecule has 0 aliphatic carbocycles. The van der Waals surface area contributed by atoms with Crippen molar-refractivity contribution in [2.24, 2.45) is 0 Å². The molecule has 0 aromatic carbocycles. The topological polar surface area (TPSA) is 83.1 Å². The molecule has 0 heterocycles. The fourth-order valence-corrected chi connectivity index (χ4v) is 15.5. The van der Waals surface area contributed by atoms with E-state index in [2.05, 4.69) is 0 Å². The van der Waals surface area contributed by atoms with Crippen molar-refractivity contribution < 1.29 is 39.8 Å².